The lowest BCUT2D eigenvalue weighted by atomic mass is 10.1. The van der Waals surface area contributed by atoms with E-state index in [9.17, 15) is 4.79 Å². The number of amides is 2. The largest absolute Gasteiger partial charge is 0.497 e. The van der Waals surface area contributed by atoms with Crippen molar-refractivity contribution >= 4 is 23.1 Å². The fourth-order valence-electron chi connectivity index (χ4n) is 2.98. The number of hydrogen-bond acceptors (Lipinski definition) is 3. The van der Waals surface area contributed by atoms with Crippen molar-refractivity contribution in [3.63, 3.8) is 0 Å². The summed E-state index contributed by atoms with van der Waals surface area (Å²) in [6.07, 6.45) is 3.99. The van der Waals surface area contributed by atoms with Gasteiger partial charge >= 0.3 is 6.03 Å². The van der Waals surface area contributed by atoms with Crippen LogP contribution in [0.25, 0.3) is 16.9 Å². The topological polar surface area (TPSA) is 67.7 Å². The SMILES string of the molecule is COc1ccc(NC(=O)Nc2ccc(-c3cn4cccc(C)c4n3)cc2)cc1. The Hall–Kier alpha value is -3.80. The lowest BCUT2D eigenvalue weighted by Crippen LogP contribution is -2.19. The van der Waals surface area contributed by atoms with Gasteiger partial charge in [0.15, 0.2) is 0 Å². The molecular formula is C22H20N4O2. The van der Waals surface area contributed by atoms with Gasteiger partial charge in [0.05, 0.1) is 12.8 Å². The molecule has 2 heterocycles. The number of urea groups is 1. The summed E-state index contributed by atoms with van der Waals surface area (Å²) in [6, 6.07) is 18.5. The van der Waals surface area contributed by atoms with Crippen molar-refractivity contribution in [3.8, 4) is 17.0 Å². The van der Waals surface area contributed by atoms with E-state index in [-0.39, 0.29) is 6.03 Å². The number of pyridine rings is 1. The molecule has 2 amide bonds. The number of nitrogens with zero attached hydrogens (tertiary/aromatic N) is 2. The van der Waals surface area contributed by atoms with Gasteiger partial charge in [0.2, 0.25) is 0 Å². The molecule has 0 fully saturated rings. The van der Waals surface area contributed by atoms with E-state index < -0.39 is 0 Å². The van der Waals surface area contributed by atoms with E-state index in [2.05, 4.69) is 10.6 Å². The first-order valence-electron chi connectivity index (χ1n) is 8.89. The van der Waals surface area contributed by atoms with Crippen molar-refractivity contribution in [2.45, 2.75) is 6.92 Å². The minimum atomic E-state index is -0.304. The van der Waals surface area contributed by atoms with Gasteiger partial charge in [-0.05, 0) is 55.0 Å². The van der Waals surface area contributed by atoms with Crippen LogP contribution in [0.5, 0.6) is 5.75 Å². The zero-order valence-electron chi connectivity index (χ0n) is 15.6. The highest BCUT2D eigenvalue weighted by Gasteiger charge is 2.07. The summed E-state index contributed by atoms with van der Waals surface area (Å²) in [5, 5.41) is 5.62. The molecule has 0 atom stereocenters. The number of ether oxygens (including phenoxy) is 1. The minimum Gasteiger partial charge on any atom is -0.497 e. The van der Waals surface area contributed by atoms with Gasteiger partial charge in [-0.3, -0.25) is 0 Å². The first-order valence-corrected chi connectivity index (χ1v) is 8.89. The predicted octanol–water partition coefficient (Wildman–Crippen LogP) is 4.96. The summed E-state index contributed by atoms with van der Waals surface area (Å²) in [6.45, 7) is 2.04. The Labute approximate surface area is 162 Å². The molecule has 0 radical (unpaired) electrons. The van der Waals surface area contributed by atoms with Gasteiger partial charge in [-0.15, -0.1) is 0 Å². The van der Waals surface area contributed by atoms with Crippen LogP contribution >= 0.6 is 0 Å². The molecule has 4 rings (SSSR count). The molecule has 0 aliphatic rings. The van der Waals surface area contributed by atoms with Crippen molar-refractivity contribution in [2.75, 3.05) is 17.7 Å². The smallest absolute Gasteiger partial charge is 0.323 e. The van der Waals surface area contributed by atoms with Gasteiger partial charge in [-0.1, -0.05) is 18.2 Å². The third-order valence-corrected chi connectivity index (χ3v) is 4.46. The van der Waals surface area contributed by atoms with Crippen molar-refractivity contribution in [3.05, 3.63) is 78.6 Å². The van der Waals surface area contributed by atoms with E-state index in [1.165, 1.54) is 0 Å². The number of hydrogen-bond donors (Lipinski definition) is 2. The van der Waals surface area contributed by atoms with E-state index >= 15 is 0 Å². The molecule has 28 heavy (non-hydrogen) atoms. The van der Waals surface area contributed by atoms with E-state index in [1.54, 1.807) is 31.4 Å². The second kappa shape index (κ2) is 7.44. The molecule has 2 N–H and O–H groups in total. The zero-order valence-corrected chi connectivity index (χ0v) is 15.6. The van der Waals surface area contributed by atoms with Gasteiger partial charge < -0.3 is 19.8 Å². The van der Waals surface area contributed by atoms with Crippen LogP contribution in [0, 0.1) is 6.92 Å². The highest BCUT2D eigenvalue weighted by atomic mass is 16.5. The van der Waals surface area contributed by atoms with Crippen LogP contribution in [0.1, 0.15) is 5.56 Å². The summed E-state index contributed by atoms with van der Waals surface area (Å²) < 4.78 is 7.12. The summed E-state index contributed by atoms with van der Waals surface area (Å²) in [5.41, 5.74) is 5.35. The second-order valence-corrected chi connectivity index (χ2v) is 6.43. The third-order valence-electron chi connectivity index (χ3n) is 4.46. The monoisotopic (exact) mass is 372 g/mol. The number of rotatable bonds is 4. The summed E-state index contributed by atoms with van der Waals surface area (Å²) in [4.78, 5) is 16.9. The van der Waals surface area contributed by atoms with Gasteiger partial charge in [0, 0.05) is 29.3 Å². The molecule has 0 aliphatic carbocycles. The predicted molar refractivity (Wildman–Crippen MR) is 111 cm³/mol. The fraction of sp³-hybridized carbons (Fsp3) is 0.0909. The van der Waals surface area contributed by atoms with E-state index in [1.807, 2.05) is 60.1 Å². The molecule has 6 heteroatoms. The van der Waals surface area contributed by atoms with Crippen LogP contribution < -0.4 is 15.4 Å². The van der Waals surface area contributed by atoms with Crippen LogP contribution in [0.3, 0.4) is 0 Å². The molecule has 0 unspecified atom stereocenters. The molecule has 140 valence electrons. The van der Waals surface area contributed by atoms with Gasteiger partial charge in [0.1, 0.15) is 11.4 Å². The number of aryl methyl sites for hydroxylation is 1. The lowest BCUT2D eigenvalue weighted by molar-refractivity contribution is 0.262. The Balaban J connectivity index is 1.44. The number of aromatic nitrogens is 2. The number of benzene rings is 2. The normalized spacial score (nSPS) is 10.6. The maximum atomic E-state index is 12.2. The van der Waals surface area contributed by atoms with Crippen molar-refractivity contribution in [1.82, 2.24) is 9.38 Å². The lowest BCUT2D eigenvalue weighted by Gasteiger charge is -2.08. The Kier molecular flexibility index (Phi) is 4.68. The molecule has 2 aromatic heterocycles. The van der Waals surface area contributed by atoms with Crippen LogP contribution in [-0.4, -0.2) is 22.5 Å². The maximum absolute atomic E-state index is 12.2. The number of carbonyl (C=O) groups excluding carboxylic acids is 1. The standard InChI is InChI=1S/C22H20N4O2/c1-15-4-3-13-26-14-20(25-21(15)26)16-5-7-17(8-6-16)23-22(27)24-18-9-11-19(28-2)12-10-18/h3-14H,1-2H3,(H2,23,24,27). The fourth-order valence-corrected chi connectivity index (χ4v) is 2.98. The Morgan fingerprint density at radius 1 is 0.964 bits per heavy atom. The molecular weight excluding hydrogens is 352 g/mol. The van der Waals surface area contributed by atoms with Crippen molar-refractivity contribution < 1.29 is 9.53 Å². The van der Waals surface area contributed by atoms with E-state index in [0.29, 0.717) is 11.4 Å². The number of methoxy groups -OCH3 is 1. The summed E-state index contributed by atoms with van der Waals surface area (Å²) in [7, 11) is 1.60. The zero-order chi connectivity index (χ0) is 19.5. The first-order chi connectivity index (χ1) is 13.6. The van der Waals surface area contributed by atoms with Gasteiger partial charge in [0.25, 0.3) is 0 Å². The number of carbonyl (C=O) groups is 1. The number of fused-ring (bicyclic) bond motifs is 1. The van der Waals surface area contributed by atoms with Crippen LogP contribution in [0.15, 0.2) is 73.1 Å². The summed E-state index contributed by atoms with van der Waals surface area (Å²) >= 11 is 0. The number of anilines is 2. The highest BCUT2D eigenvalue weighted by Crippen LogP contribution is 2.22. The first kappa shape index (κ1) is 17.6. The molecule has 6 nitrogen and oxygen atoms in total. The Morgan fingerprint density at radius 3 is 2.21 bits per heavy atom. The van der Waals surface area contributed by atoms with Crippen LogP contribution in [-0.2, 0) is 0 Å². The molecule has 0 saturated heterocycles. The third kappa shape index (κ3) is 3.66. The van der Waals surface area contributed by atoms with Gasteiger partial charge in [-0.2, -0.15) is 0 Å². The molecule has 0 spiro atoms. The molecule has 0 aliphatic heterocycles. The number of nitrogens with one attached hydrogen (secondary N) is 2. The molecule has 0 saturated carbocycles. The average Bonchev–Trinajstić information content (AvgIpc) is 3.15. The van der Waals surface area contributed by atoms with E-state index in [0.717, 1.165) is 28.2 Å². The molecule has 4 aromatic rings. The van der Waals surface area contributed by atoms with Gasteiger partial charge in [-0.25, -0.2) is 9.78 Å². The second-order valence-electron chi connectivity index (χ2n) is 6.43. The van der Waals surface area contributed by atoms with Crippen molar-refractivity contribution in [2.24, 2.45) is 0 Å². The average molecular weight is 372 g/mol. The summed E-state index contributed by atoms with van der Waals surface area (Å²) in [5.74, 6) is 0.740. The molecule has 0 bridgehead atoms. The quantitative estimate of drug-likeness (QED) is 0.532. The van der Waals surface area contributed by atoms with Crippen molar-refractivity contribution in [1.29, 1.82) is 0 Å². The van der Waals surface area contributed by atoms with Crippen LogP contribution in [0.4, 0.5) is 16.2 Å². The number of imidazole rings is 1. The molecule has 2 aromatic carbocycles. The highest BCUT2D eigenvalue weighted by molar-refractivity contribution is 5.99. The maximum Gasteiger partial charge on any atom is 0.323 e. The minimum absolute atomic E-state index is 0.304. The van der Waals surface area contributed by atoms with E-state index in [4.69, 9.17) is 9.72 Å². The Bertz CT molecular complexity index is 1120. The Morgan fingerprint density at radius 2 is 1.61 bits per heavy atom. The van der Waals surface area contributed by atoms with Crippen LogP contribution in [0.2, 0.25) is 0 Å².